The quantitative estimate of drug-likeness (QED) is 0.226. The molecule has 4 N–H and O–H groups in total. The van der Waals surface area contributed by atoms with Crippen LogP contribution in [0.3, 0.4) is 0 Å². The smallest absolute Gasteiger partial charge is 0.251 e. The summed E-state index contributed by atoms with van der Waals surface area (Å²) in [5.41, 5.74) is 9.28. The van der Waals surface area contributed by atoms with E-state index in [4.69, 9.17) is 10.5 Å². The van der Waals surface area contributed by atoms with E-state index in [1.807, 2.05) is 13.0 Å². The number of primary amides is 1. The second kappa shape index (κ2) is 11.7. The maximum absolute atomic E-state index is 14.2. The van der Waals surface area contributed by atoms with E-state index in [1.165, 1.54) is 37.6 Å². The van der Waals surface area contributed by atoms with E-state index in [9.17, 15) is 22.8 Å². The number of H-pyrrole nitrogens is 1. The molecule has 0 aliphatic rings. The van der Waals surface area contributed by atoms with Crippen molar-refractivity contribution >= 4 is 22.8 Å². The van der Waals surface area contributed by atoms with Crippen molar-refractivity contribution in [3.63, 3.8) is 0 Å². The van der Waals surface area contributed by atoms with Gasteiger partial charge in [0.15, 0.2) is 0 Å². The third-order valence-electron chi connectivity index (χ3n) is 6.83. The molecule has 0 aliphatic heterocycles. The SMILES string of the molecule is COc1nc2c(CC(=O)N[C@@H](Cc3cc(F)cc(F)c3)c3ncccc3-c3ccc(F)c(C(N)=O)c3)c[nH]c2cc1C. The molecule has 0 saturated carbocycles. The van der Waals surface area contributed by atoms with Crippen molar-refractivity contribution in [3.05, 3.63) is 112 Å². The first kappa shape index (κ1) is 28.3. The third-order valence-corrected chi connectivity index (χ3v) is 6.83. The van der Waals surface area contributed by atoms with Crippen molar-refractivity contribution in [3.8, 4) is 17.0 Å². The highest BCUT2D eigenvalue weighted by molar-refractivity contribution is 5.94. The van der Waals surface area contributed by atoms with Crippen LogP contribution in [0.2, 0.25) is 0 Å². The van der Waals surface area contributed by atoms with Gasteiger partial charge in [-0.25, -0.2) is 18.2 Å². The van der Waals surface area contributed by atoms with Gasteiger partial charge in [-0.05, 0) is 60.9 Å². The van der Waals surface area contributed by atoms with E-state index in [1.54, 1.807) is 18.3 Å². The van der Waals surface area contributed by atoms with E-state index in [2.05, 4.69) is 20.3 Å². The molecule has 0 unspecified atom stereocenters. The van der Waals surface area contributed by atoms with Crippen LogP contribution in [-0.2, 0) is 17.6 Å². The van der Waals surface area contributed by atoms with E-state index in [0.29, 0.717) is 33.8 Å². The van der Waals surface area contributed by atoms with Crippen molar-refractivity contribution in [2.75, 3.05) is 7.11 Å². The molecule has 5 rings (SSSR count). The highest BCUT2D eigenvalue weighted by Crippen LogP contribution is 2.31. The zero-order valence-electron chi connectivity index (χ0n) is 22.7. The first-order valence-corrected chi connectivity index (χ1v) is 12.9. The number of carbonyl (C=O) groups excluding carboxylic acids is 2. The largest absolute Gasteiger partial charge is 0.481 e. The van der Waals surface area contributed by atoms with Gasteiger partial charge in [0.1, 0.15) is 17.5 Å². The molecule has 2 aromatic carbocycles. The number of amides is 2. The van der Waals surface area contributed by atoms with Crippen molar-refractivity contribution in [2.24, 2.45) is 5.73 Å². The minimum Gasteiger partial charge on any atom is -0.481 e. The topological polar surface area (TPSA) is 123 Å². The van der Waals surface area contributed by atoms with Gasteiger partial charge >= 0.3 is 0 Å². The summed E-state index contributed by atoms with van der Waals surface area (Å²) in [5, 5.41) is 2.94. The Hall–Kier alpha value is -5.19. The Morgan fingerprint density at radius 1 is 1.07 bits per heavy atom. The van der Waals surface area contributed by atoms with E-state index >= 15 is 0 Å². The lowest BCUT2D eigenvalue weighted by Crippen LogP contribution is -2.32. The molecule has 0 radical (unpaired) electrons. The maximum atomic E-state index is 14.2. The number of benzene rings is 2. The number of nitrogens with two attached hydrogens (primary N) is 1. The van der Waals surface area contributed by atoms with Crippen molar-refractivity contribution in [1.82, 2.24) is 20.3 Å². The van der Waals surface area contributed by atoms with E-state index in [-0.39, 0.29) is 24.0 Å². The number of nitrogens with zero attached hydrogens (tertiary/aromatic N) is 2. The van der Waals surface area contributed by atoms with Gasteiger partial charge in [0.2, 0.25) is 11.8 Å². The molecule has 8 nitrogen and oxygen atoms in total. The first-order valence-electron chi connectivity index (χ1n) is 12.9. The molecule has 42 heavy (non-hydrogen) atoms. The summed E-state index contributed by atoms with van der Waals surface area (Å²) in [5.74, 6) is -3.24. The molecule has 0 fully saturated rings. The first-order chi connectivity index (χ1) is 20.1. The fraction of sp³-hybridized carbons (Fsp3) is 0.161. The van der Waals surface area contributed by atoms with Crippen LogP contribution in [0.15, 0.2) is 67.0 Å². The Morgan fingerprint density at radius 3 is 2.55 bits per heavy atom. The molecule has 3 heterocycles. The number of aryl methyl sites for hydroxylation is 1. The Labute approximate surface area is 238 Å². The second-order valence-corrected chi connectivity index (χ2v) is 9.80. The molecule has 0 saturated heterocycles. The number of ether oxygens (including phenoxy) is 1. The van der Waals surface area contributed by atoms with Crippen LogP contribution < -0.4 is 15.8 Å². The Morgan fingerprint density at radius 2 is 1.83 bits per heavy atom. The Kier molecular flexibility index (Phi) is 7.92. The molecule has 1 atom stereocenters. The molecule has 0 bridgehead atoms. The van der Waals surface area contributed by atoms with Crippen molar-refractivity contribution in [2.45, 2.75) is 25.8 Å². The summed E-state index contributed by atoms with van der Waals surface area (Å²) >= 11 is 0. The summed E-state index contributed by atoms with van der Waals surface area (Å²) in [6, 6.07) is 11.3. The lowest BCUT2D eigenvalue weighted by atomic mass is 9.94. The van der Waals surface area contributed by atoms with Crippen LogP contribution in [-0.4, -0.2) is 33.9 Å². The molecule has 0 aliphatic carbocycles. The lowest BCUT2D eigenvalue weighted by Gasteiger charge is -2.22. The summed E-state index contributed by atoms with van der Waals surface area (Å²) in [4.78, 5) is 37.4. The molecule has 0 spiro atoms. The van der Waals surface area contributed by atoms with Crippen LogP contribution in [0, 0.1) is 24.4 Å². The highest BCUT2D eigenvalue weighted by Gasteiger charge is 2.23. The number of nitrogens with one attached hydrogen (secondary N) is 2. The number of rotatable bonds is 9. The standard InChI is InChI=1S/C31H26F3N5O3/c1-16-8-25-28(39-31(16)42-2)19(15-37-25)13-27(40)38-26(11-17-9-20(32)14-21(33)10-17)29-22(4-3-7-36-29)18-5-6-24(34)23(12-18)30(35)41/h3-10,12,14-15,26,37H,11,13H2,1-2H3,(H2,35,41)(H,38,40)/t26-/m0/s1. The fourth-order valence-corrected chi connectivity index (χ4v) is 4.95. The molecule has 11 heteroatoms. The van der Waals surface area contributed by atoms with Gasteiger partial charge in [-0.3, -0.25) is 14.6 Å². The lowest BCUT2D eigenvalue weighted by molar-refractivity contribution is -0.121. The Bertz CT molecular complexity index is 1800. The number of aromatic nitrogens is 3. The number of hydrogen-bond acceptors (Lipinski definition) is 5. The van der Waals surface area contributed by atoms with Crippen molar-refractivity contribution in [1.29, 1.82) is 0 Å². The molecular formula is C31H26F3N5O3. The number of hydrogen-bond donors (Lipinski definition) is 3. The van der Waals surface area contributed by atoms with Gasteiger partial charge in [-0.1, -0.05) is 12.1 Å². The van der Waals surface area contributed by atoms with Crippen LogP contribution in [0.4, 0.5) is 13.2 Å². The predicted octanol–water partition coefficient (Wildman–Crippen LogP) is 5.10. The highest BCUT2D eigenvalue weighted by atomic mass is 19.1. The molecule has 5 aromatic rings. The summed E-state index contributed by atoms with van der Waals surface area (Å²) < 4.78 is 47.7. The number of carbonyl (C=O) groups is 2. The van der Waals surface area contributed by atoms with Crippen LogP contribution in [0.5, 0.6) is 5.88 Å². The zero-order chi connectivity index (χ0) is 30.0. The molecular weight excluding hydrogens is 547 g/mol. The average molecular weight is 574 g/mol. The number of pyridine rings is 2. The number of halogens is 3. The molecule has 2 amide bonds. The van der Waals surface area contributed by atoms with Gasteiger partial charge in [0.05, 0.1) is 41.9 Å². The maximum Gasteiger partial charge on any atom is 0.251 e. The van der Waals surface area contributed by atoms with E-state index < -0.39 is 35.3 Å². The van der Waals surface area contributed by atoms with Gasteiger partial charge in [-0.15, -0.1) is 0 Å². The van der Waals surface area contributed by atoms with Gasteiger partial charge in [-0.2, -0.15) is 0 Å². The molecule has 214 valence electrons. The van der Waals surface area contributed by atoms with E-state index in [0.717, 1.165) is 23.2 Å². The summed E-state index contributed by atoms with van der Waals surface area (Å²) in [7, 11) is 1.51. The normalized spacial score (nSPS) is 11.8. The average Bonchev–Trinajstić information content (AvgIpc) is 3.32. The summed E-state index contributed by atoms with van der Waals surface area (Å²) in [6.45, 7) is 1.86. The summed E-state index contributed by atoms with van der Waals surface area (Å²) in [6.07, 6.45) is 3.09. The van der Waals surface area contributed by atoms with Gasteiger partial charge < -0.3 is 20.8 Å². The number of fused-ring (bicyclic) bond motifs is 1. The number of aromatic amines is 1. The minimum atomic E-state index is -0.945. The van der Waals surface area contributed by atoms with Crippen molar-refractivity contribution < 1.29 is 27.5 Å². The minimum absolute atomic E-state index is 0.0204. The van der Waals surface area contributed by atoms with Crippen LogP contribution in [0.1, 0.15) is 38.8 Å². The van der Waals surface area contributed by atoms with Gasteiger partial charge in [0.25, 0.3) is 5.91 Å². The monoisotopic (exact) mass is 573 g/mol. The third kappa shape index (κ3) is 5.95. The number of methoxy groups -OCH3 is 1. The molecule has 3 aromatic heterocycles. The second-order valence-electron chi connectivity index (χ2n) is 9.80. The van der Waals surface area contributed by atoms with Crippen LogP contribution >= 0.6 is 0 Å². The Balaban J connectivity index is 1.53. The van der Waals surface area contributed by atoms with Crippen LogP contribution in [0.25, 0.3) is 22.2 Å². The zero-order valence-corrected chi connectivity index (χ0v) is 22.7. The fourth-order valence-electron chi connectivity index (χ4n) is 4.95. The predicted molar refractivity (Wildman–Crippen MR) is 150 cm³/mol. The van der Waals surface area contributed by atoms with Gasteiger partial charge in [0, 0.05) is 35.2 Å².